The highest BCUT2D eigenvalue weighted by molar-refractivity contribution is 6.10. The maximum absolute atomic E-state index is 5.46. The van der Waals surface area contributed by atoms with Gasteiger partial charge in [-0.1, -0.05) is 147 Å². The third-order valence-corrected chi connectivity index (χ3v) is 12.5. The fourth-order valence-corrected chi connectivity index (χ4v) is 9.66. The summed E-state index contributed by atoms with van der Waals surface area (Å²) in [5, 5.41) is 3.50. The van der Waals surface area contributed by atoms with E-state index in [1.807, 2.05) is 0 Å². The number of rotatable bonds is 4. The first-order valence-electron chi connectivity index (χ1n) is 20.3. The van der Waals surface area contributed by atoms with Gasteiger partial charge in [0.05, 0.1) is 33.6 Å². The summed E-state index contributed by atoms with van der Waals surface area (Å²) in [6.45, 7) is 4.69. The Morgan fingerprint density at radius 3 is 1.95 bits per heavy atom. The van der Waals surface area contributed by atoms with Crippen LogP contribution in [-0.2, 0) is 5.41 Å². The van der Waals surface area contributed by atoms with Gasteiger partial charge in [0.2, 0.25) is 5.95 Å². The van der Waals surface area contributed by atoms with E-state index in [9.17, 15) is 0 Å². The van der Waals surface area contributed by atoms with Crippen molar-refractivity contribution in [2.75, 3.05) is 4.90 Å². The van der Waals surface area contributed by atoms with E-state index in [-0.39, 0.29) is 5.41 Å². The average Bonchev–Trinajstić information content (AvgIpc) is 3.66. The van der Waals surface area contributed by atoms with Gasteiger partial charge in [0.25, 0.3) is 0 Å². The van der Waals surface area contributed by atoms with Gasteiger partial charge in [-0.25, -0.2) is 9.97 Å². The van der Waals surface area contributed by atoms with Crippen molar-refractivity contribution in [1.82, 2.24) is 14.5 Å². The molecule has 0 saturated heterocycles. The molecule has 3 heterocycles. The minimum Gasteiger partial charge on any atom is -0.309 e. The summed E-state index contributed by atoms with van der Waals surface area (Å²) in [6.07, 6.45) is 4.56. The summed E-state index contributed by atoms with van der Waals surface area (Å²) >= 11 is 0. The molecule has 10 aromatic rings. The topological polar surface area (TPSA) is 34.0 Å². The van der Waals surface area contributed by atoms with Crippen LogP contribution in [0.4, 0.5) is 17.3 Å². The predicted molar refractivity (Wildman–Crippen MR) is 246 cm³/mol. The lowest BCUT2D eigenvalue weighted by Crippen LogP contribution is -2.17. The number of para-hydroxylation sites is 3. The van der Waals surface area contributed by atoms with Crippen LogP contribution in [0.1, 0.15) is 36.1 Å². The van der Waals surface area contributed by atoms with Crippen LogP contribution in [0.15, 0.2) is 182 Å². The van der Waals surface area contributed by atoms with Crippen molar-refractivity contribution in [3.05, 3.63) is 204 Å². The lowest BCUT2D eigenvalue weighted by Gasteiger charge is -2.28. The second-order valence-electron chi connectivity index (χ2n) is 16.2. The van der Waals surface area contributed by atoms with E-state index in [0.29, 0.717) is 5.95 Å². The van der Waals surface area contributed by atoms with Gasteiger partial charge in [0, 0.05) is 32.8 Å². The standard InChI is InChI=1S/C55H38N4/c1-55(2)46-22-12-9-19-41(46)44-34-52-39(33-47(44)55)26-25-38-31-36(37-28-30-51-45(32-37)42-20-11-14-24-50(42)58(51)40-17-7-4-8-18-40)27-29-49(38)59(52)54-56-48-23-13-10-21-43(48)53(57-54)35-15-5-3-6-16-35/h3-34H,1-2H3. The molecule has 0 amide bonds. The van der Waals surface area contributed by atoms with Gasteiger partial charge < -0.3 is 4.57 Å². The molecule has 0 spiro atoms. The van der Waals surface area contributed by atoms with Crippen molar-refractivity contribution in [3.63, 3.8) is 0 Å². The Morgan fingerprint density at radius 2 is 1.10 bits per heavy atom. The molecule has 4 nitrogen and oxygen atoms in total. The summed E-state index contributed by atoms with van der Waals surface area (Å²) in [4.78, 5) is 13.1. The Bertz CT molecular complexity index is 3360. The van der Waals surface area contributed by atoms with E-state index in [1.165, 1.54) is 49.6 Å². The van der Waals surface area contributed by atoms with Crippen LogP contribution in [0.25, 0.3) is 84.1 Å². The van der Waals surface area contributed by atoms with Gasteiger partial charge >= 0.3 is 0 Å². The van der Waals surface area contributed by atoms with E-state index >= 15 is 0 Å². The normalized spacial score (nSPS) is 13.6. The first kappa shape index (κ1) is 33.6. The molecule has 0 unspecified atom stereocenters. The number of benzene rings is 8. The van der Waals surface area contributed by atoms with Crippen LogP contribution in [0.5, 0.6) is 0 Å². The number of hydrogen-bond donors (Lipinski definition) is 0. The van der Waals surface area contributed by atoms with Crippen molar-refractivity contribution in [2.24, 2.45) is 0 Å². The summed E-state index contributed by atoms with van der Waals surface area (Å²) < 4.78 is 2.37. The van der Waals surface area contributed by atoms with Crippen LogP contribution in [0, 0.1) is 0 Å². The summed E-state index contributed by atoms with van der Waals surface area (Å²) in [7, 11) is 0. The molecule has 1 aliphatic carbocycles. The zero-order valence-corrected chi connectivity index (χ0v) is 32.8. The molecule has 59 heavy (non-hydrogen) atoms. The van der Waals surface area contributed by atoms with Gasteiger partial charge in [-0.3, -0.25) is 4.90 Å². The molecule has 0 atom stereocenters. The Balaban J connectivity index is 1.08. The monoisotopic (exact) mass is 754 g/mol. The maximum Gasteiger partial charge on any atom is 0.235 e. The van der Waals surface area contributed by atoms with Gasteiger partial charge in [-0.15, -0.1) is 0 Å². The second-order valence-corrected chi connectivity index (χ2v) is 16.2. The van der Waals surface area contributed by atoms with E-state index in [2.05, 4.69) is 217 Å². The highest BCUT2D eigenvalue weighted by Crippen LogP contribution is 2.53. The molecule has 8 aromatic carbocycles. The van der Waals surface area contributed by atoms with E-state index in [1.54, 1.807) is 0 Å². The van der Waals surface area contributed by atoms with Crippen LogP contribution in [-0.4, -0.2) is 14.5 Å². The fourth-order valence-electron chi connectivity index (χ4n) is 9.66. The molecular weight excluding hydrogens is 717 g/mol. The number of anilines is 3. The zero-order chi connectivity index (χ0) is 39.2. The average molecular weight is 755 g/mol. The molecule has 1 aliphatic heterocycles. The summed E-state index contributed by atoms with van der Waals surface area (Å²) in [5.74, 6) is 0.641. The van der Waals surface area contributed by atoms with Crippen molar-refractivity contribution < 1.29 is 0 Å². The molecular formula is C55H38N4. The minimum absolute atomic E-state index is 0.131. The molecule has 12 rings (SSSR count). The molecule has 2 aliphatic rings. The van der Waals surface area contributed by atoms with Gasteiger partial charge in [0.1, 0.15) is 0 Å². The molecule has 2 aromatic heterocycles. The third-order valence-electron chi connectivity index (χ3n) is 12.5. The second kappa shape index (κ2) is 12.7. The molecule has 4 heteroatoms. The number of hydrogen-bond acceptors (Lipinski definition) is 3. The first-order valence-corrected chi connectivity index (χ1v) is 20.3. The maximum atomic E-state index is 5.46. The zero-order valence-electron chi connectivity index (χ0n) is 32.8. The lowest BCUT2D eigenvalue weighted by molar-refractivity contribution is 0.660. The summed E-state index contributed by atoms with van der Waals surface area (Å²) in [5.41, 5.74) is 18.2. The molecule has 0 saturated carbocycles. The van der Waals surface area contributed by atoms with Crippen LogP contribution in [0.3, 0.4) is 0 Å². The Labute approximate surface area is 343 Å². The largest absolute Gasteiger partial charge is 0.309 e. The molecule has 0 N–H and O–H groups in total. The predicted octanol–water partition coefficient (Wildman–Crippen LogP) is 14.3. The van der Waals surface area contributed by atoms with Crippen LogP contribution >= 0.6 is 0 Å². The first-order chi connectivity index (χ1) is 29.0. The van der Waals surface area contributed by atoms with E-state index in [0.717, 1.165) is 55.9 Å². The van der Waals surface area contributed by atoms with Crippen molar-refractivity contribution in [2.45, 2.75) is 19.3 Å². The van der Waals surface area contributed by atoms with Crippen LogP contribution < -0.4 is 4.90 Å². The lowest BCUT2D eigenvalue weighted by atomic mass is 9.82. The Morgan fingerprint density at radius 1 is 0.441 bits per heavy atom. The molecule has 278 valence electrons. The van der Waals surface area contributed by atoms with Crippen LogP contribution in [0.2, 0.25) is 0 Å². The smallest absolute Gasteiger partial charge is 0.235 e. The van der Waals surface area contributed by atoms with E-state index < -0.39 is 0 Å². The van der Waals surface area contributed by atoms with Crippen molar-refractivity contribution in [1.29, 1.82) is 0 Å². The molecule has 0 bridgehead atoms. The molecule has 0 radical (unpaired) electrons. The number of nitrogens with zero attached hydrogens (tertiary/aromatic N) is 4. The Kier molecular flexibility index (Phi) is 7.24. The number of fused-ring (bicyclic) bond motifs is 9. The quantitative estimate of drug-likeness (QED) is 0.179. The van der Waals surface area contributed by atoms with Gasteiger partial charge in [-0.2, -0.15) is 0 Å². The highest BCUT2D eigenvalue weighted by Gasteiger charge is 2.37. The SMILES string of the molecule is CC1(C)c2ccccc2-c2cc3c(cc21)C=Cc1cc(-c2ccc4c(c2)c2ccccc2n4-c2ccccc2)ccc1N3c1nc(-c2ccccc2)c2ccccc2n1. The third kappa shape index (κ3) is 5.09. The van der Waals surface area contributed by atoms with Crippen molar-refractivity contribution in [3.8, 4) is 39.2 Å². The summed E-state index contributed by atoms with van der Waals surface area (Å²) in [6, 6.07) is 65.5. The van der Waals surface area contributed by atoms with E-state index in [4.69, 9.17) is 9.97 Å². The van der Waals surface area contributed by atoms with Gasteiger partial charge in [-0.05, 0) is 105 Å². The van der Waals surface area contributed by atoms with Gasteiger partial charge in [0.15, 0.2) is 0 Å². The number of aromatic nitrogens is 3. The molecule has 0 fully saturated rings. The minimum atomic E-state index is -0.131. The van der Waals surface area contributed by atoms with Crippen molar-refractivity contribution >= 4 is 62.2 Å². The fraction of sp³-hybridized carbons (Fsp3) is 0.0545. The highest BCUT2D eigenvalue weighted by atomic mass is 15.3. The Hall–Kier alpha value is -7.56.